The van der Waals surface area contributed by atoms with Gasteiger partial charge in [0.05, 0.1) is 0 Å². The summed E-state index contributed by atoms with van der Waals surface area (Å²) in [6, 6.07) is 12.3. The quantitative estimate of drug-likeness (QED) is 0.734. The number of rotatable bonds is 7. The van der Waals surface area contributed by atoms with Gasteiger partial charge in [-0.15, -0.1) is 0 Å². The van der Waals surface area contributed by atoms with Gasteiger partial charge in [-0.1, -0.05) is 41.4 Å². The van der Waals surface area contributed by atoms with Gasteiger partial charge in [-0.25, -0.2) is 4.39 Å². The van der Waals surface area contributed by atoms with Crippen molar-refractivity contribution < 1.29 is 4.39 Å². The number of hydrogen-bond acceptors (Lipinski definition) is 2. The van der Waals surface area contributed by atoms with Gasteiger partial charge in [0.2, 0.25) is 0 Å². The Morgan fingerprint density at radius 1 is 1.18 bits per heavy atom. The van der Waals surface area contributed by atoms with Crippen LogP contribution in [0.2, 0.25) is 0 Å². The lowest BCUT2D eigenvalue weighted by Crippen LogP contribution is -2.27. The van der Waals surface area contributed by atoms with Gasteiger partial charge >= 0.3 is 0 Å². The van der Waals surface area contributed by atoms with Crippen LogP contribution in [0.25, 0.3) is 0 Å². The molecule has 0 saturated heterocycles. The van der Waals surface area contributed by atoms with Crippen LogP contribution in [-0.4, -0.2) is 23.0 Å². The molecule has 0 aliphatic carbocycles. The van der Waals surface area contributed by atoms with E-state index in [0.717, 1.165) is 24.2 Å². The Bertz CT molecular complexity index is 600. The van der Waals surface area contributed by atoms with Crippen molar-refractivity contribution in [3.8, 4) is 0 Å². The van der Waals surface area contributed by atoms with E-state index in [-0.39, 0.29) is 5.82 Å². The molecule has 0 N–H and O–H groups in total. The van der Waals surface area contributed by atoms with Crippen LogP contribution in [0.4, 0.5) is 4.39 Å². The molecule has 0 saturated carbocycles. The van der Waals surface area contributed by atoms with Gasteiger partial charge in [-0.2, -0.15) is 0 Å². The highest BCUT2D eigenvalue weighted by Gasteiger charge is 2.09. The molecular weight excluding hydrogens is 322 g/mol. The van der Waals surface area contributed by atoms with Crippen LogP contribution >= 0.6 is 23.2 Å². The van der Waals surface area contributed by atoms with E-state index in [0.29, 0.717) is 18.1 Å². The molecule has 2 rings (SSSR count). The molecule has 0 fully saturated rings. The molecule has 0 atom stereocenters. The van der Waals surface area contributed by atoms with Crippen molar-refractivity contribution in [1.82, 2.24) is 9.88 Å². The second-order valence-electron chi connectivity index (χ2n) is 4.96. The summed E-state index contributed by atoms with van der Waals surface area (Å²) in [6.45, 7) is 2.01. The second-order valence-corrected chi connectivity index (χ2v) is 5.67. The van der Waals surface area contributed by atoms with Crippen molar-refractivity contribution in [1.29, 1.82) is 0 Å². The molecule has 1 aromatic carbocycles. The molecule has 0 amide bonds. The third-order valence-corrected chi connectivity index (χ3v) is 3.83. The van der Waals surface area contributed by atoms with E-state index in [2.05, 4.69) is 9.88 Å². The van der Waals surface area contributed by atoms with Crippen LogP contribution in [0.5, 0.6) is 0 Å². The van der Waals surface area contributed by atoms with Gasteiger partial charge in [0.25, 0.3) is 0 Å². The highest BCUT2D eigenvalue weighted by atomic mass is 35.5. The van der Waals surface area contributed by atoms with Gasteiger partial charge in [-0.05, 0) is 29.8 Å². The molecule has 2 aromatic rings. The first-order valence-corrected chi connectivity index (χ1v) is 7.80. The maximum atomic E-state index is 13.0. The first-order valence-electron chi connectivity index (χ1n) is 6.99. The first-order chi connectivity index (χ1) is 10.7. The fraction of sp³-hybridized carbons (Fsp3) is 0.235. The Labute approximate surface area is 140 Å². The minimum atomic E-state index is -0.234. The van der Waals surface area contributed by atoms with E-state index in [9.17, 15) is 4.39 Å². The molecule has 0 bridgehead atoms. The monoisotopic (exact) mass is 338 g/mol. The Balaban J connectivity index is 2.00. The van der Waals surface area contributed by atoms with Crippen molar-refractivity contribution in [2.75, 3.05) is 13.1 Å². The number of halogens is 3. The second kappa shape index (κ2) is 8.89. The van der Waals surface area contributed by atoms with Gasteiger partial charge in [0.1, 0.15) is 5.82 Å². The van der Waals surface area contributed by atoms with Crippen molar-refractivity contribution in [2.24, 2.45) is 0 Å². The average molecular weight is 339 g/mol. The zero-order valence-corrected chi connectivity index (χ0v) is 13.6. The number of aromatic nitrogens is 1. The molecule has 1 heterocycles. The summed E-state index contributed by atoms with van der Waals surface area (Å²) in [5.74, 6) is -0.234. The van der Waals surface area contributed by atoms with Crippen LogP contribution < -0.4 is 0 Å². The number of benzene rings is 1. The van der Waals surface area contributed by atoms with Crippen LogP contribution in [0, 0.1) is 5.82 Å². The van der Waals surface area contributed by atoms with Crippen LogP contribution in [-0.2, 0) is 13.0 Å². The zero-order valence-electron chi connectivity index (χ0n) is 12.1. The molecule has 5 heteroatoms. The molecule has 116 valence electrons. The summed E-state index contributed by atoms with van der Waals surface area (Å²) in [7, 11) is 0. The lowest BCUT2D eigenvalue weighted by atomic mass is 10.2. The summed E-state index contributed by atoms with van der Waals surface area (Å²) in [5, 5.41) is 0.574. The molecule has 0 unspecified atom stereocenters. The lowest BCUT2D eigenvalue weighted by Gasteiger charge is -2.22. The minimum Gasteiger partial charge on any atom is -0.294 e. The molecule has 0 aliphatic rings. The van der Waals surface area contributed by atoms with Gasteiger partial charge in [-0.3, -0.25) is 9.88 Å². The van der Waals surface area contributed by atoms with Gasteiger partial charge in [0, 0.05) is 48.5 Å². The summed E-state index contributed by atoms with van der Waals surface area (Å²) < 4.78 is 13.0. The molecular formula is C17H17Cl2FN2. The molecule has 1 aromatic heterocycles. The highest BCUT2D eigenvalue weighted by molar-refractivity contribution is 6.36. The largest absolute Gasteiger partial charge is 0.294 e. The van der Waals surface area contributed by atoms with E-state index in [1.807, 2.05) is 18.2 Å². The molecule has 22 heavy (non-hydrogen) atoms. The third kappa shape index (κ3) is 5.76. The smallest absolute Gasteiger partial charge is 0.123 e. The zero-order chi connectivity index (χ0) is 15.8. The predicted octanol–water partition coefficient (Wildman–Crippen LogP) is 4.58. The standard InChI is InChI=1S/C17H17Cl2FN2/c18-11-15(19)13-22(10-8-17-3-1-2-9-21-17)12-14-4-6-16(20)7-5-14/h1-7,9,11H,8,10,12-13H2/b15-11-. The van der Waals surface area contributed by atoms with Crippen LogP contribution in [0.15, 0.2) is 59.2 Å². The SMILES string of the molecule is Fc1ccc(CN(CCc2ccccn2)C/C(Cl)=C/Cl)cc1. The normalized spacial score (nSPS) is 11.9. The van der Waals surface area contributed by atoms with E-state index >= 15 is 0 Å². The fourth-order valence-corrected chi connectivity index (χ4v) is 2.37. The van der Waals surface area contributed by atoms with Crippen molar-refractivity contribution in [2.45, 2.75) is 13.0 Å². The summed E-state index contributed by atoms with van der Waals surface area (Å²) in [5.41, 5.74) is 3.43. The summed E-state index contributed by atoms with van der Waals surface area (Å²) in [6.07, 6.45) is 2.60. The van der Waals surface area contributed by atoms with Crippen molar-refractivity contribution in [3.05, 3.63) is 76.3 Å². The molecule has 0 radical (unpaired) electrons. The maximum Gasteiger partial charge on any atom is 0.123 e. The van der Waals surface area contributed by atoms with E-state index < -0.39 is 0 Å². The fourth-order valence-electron chi connectivity index (χ4n) is 2.13. The van der Waals surface area contributed by atoms with E-state index in [1.165, 1.54) is 17.7 Å². The Morgan fingerprint density at radius 2 is 1.95 bits per heavy atom. The van der Waals surface area contributed by atoms with Gasteiger partial charge < -0.3 is 0 Å². The molecule has 0 spiro atoms. The maximum absolute atomic E-state index is 13.0. The van der Waals surface area contributed by atoms with Crippen LogP contribution in [0.3, 0.4) is 0 Å². The number of pyridine rings is 1. The molecule has 2 nitrogen and oxygen atoms in total. The van der Waals surface area contributed by atoms with Crippen molar-refractivity contribution >= 4 is 23.2 Å². The Kier molecular flexibility index (Phi) is 6.84. The van der Waals surface area contributed by atoms with E-state index in [1.54, 1.807) is 18.3 Å². The van der Waals surface area contributed by atoms with Crippen LogP contribution in [0.1, 0.15) is 11.3 Å². The Hall–Kier alpha value is -1.42. The average Bonchev–Trinajstić information content (AvgIpc) is 2.55. The summed E-state index contributed by atoms with van der Waals surface area (Å²) in [4.78, 5) is 6.47. The molecule has 0 aliphatic heterocycles. The summed E-state index contributed by atoms with van der Waals surface area (Å²) >= 11 is 11.7. The predicted molar refractivity (Wildman–Crippen MR) is 89.4 cm³/mol. The number of hydrogen-bond donors (Lipinski definition) is 0. The lowest BCUT2D eigenvalue weighted by molar-refractivity contribution is 0.295. The Morgan fingerprint density at radius 3 is 2.59 bits per heavy atom. The highest BCUT2D eigenvalue weighted by Crippen LogP contribution is 2.12. The van der Waals surface area contributed by atoms with E-state index in [4.69, 9.17) is 23.2 Å². The third-order valence-electron chi connectivity index (χ3n) is 3.22. The first kappa shape index (κ1) is 16.9. The van der Waals surface area contributed by atoms with Crippen molar-refractivity contribution in [3.63, 3.8) is 0 Å². The van der Waals surface area contributed by atoms with Gasteiger partial charge in [0.15, 0.2) is 0 Å². The topological polar surface area (TPSA) is 16.1 Å². The minimum absolute atomic E-state index is 0.234. The number of nitrogens with zero attached hydrogens (tertiary/aromatic N) is 2.